The minimum atomic E-state index is 0.732. The van der Waals surface area contributed by atoms with Crippen LogP contribution in [0.25, 0.3) is 0 Å². The van der Waals surface area contributed by atoms with Gasteiger partial charge in [-0.25, -0.2) is 4.98 Å². The van der Waals surface area contributed by atoms with E-state index >= 15 is 0 Å². The molecule has 0 bridgehead atoms. The van der Waals surface area contributed by atoms with Gasteiger partial charge in [0.25, 0.3) is 0 Å². The average molecular weight is 235 g/mol. The quantitative estimate of drug-likeness (QED) is 0.773. The molecule has 1 aromatic rings. The number of imidazole rings is 1. The zero-order valence-corrected chi connectivity index (χ0v) is 10.5. The summed E-state index contributed by atoms with van der Waals surface area (Å²) in [6.07, 6.45) is 7.86. The number of rotatable bonds is 5. The molecule has 1 aliphatic heterocycles. The summed E-state index contributed by atoms with van der Waals surface area (Å²) in [6.45, 7) is 4.07. The molecular formula is C13H21N3O. The maximum atomic E-state index is 5.47. The summed E-state index contributed by atoms with van der Waals surface area (Å²) in [5.41, 5.74) is 0. The predicted octanol–water partition coefficient (Wildman–Crippen LogP) is 1.42. The highest BCUT2D eigenvalue weighted by Crippen LogP contribution is 2.30. The first-order valence-corrected chi connectivity index (χ1v) is 6.61. The zero-order valence-electron chi connectivity index (χ0n) is 10.5. The van der Waals surface area contributed by atoms with Gasteiger partial charge in [0.15, 0.2) is 0 Å². The van der Waals surface area contributed by atoms with Crippen molar-refractivity contribution in [3.8, 4) is 0 Å². The summed E-state index contributed by atoms with van der Waals surface area (Å²) in [7, 11) is 2.08. The van der Waals surface area contributed by atoms with Gasteiger partial charge in [0.2, 0.25) is 0 Å². The van der Waals surface area contributed by atoms with Crippen LogP contribution in [-0.4, -0.2) is 40.3 Å². The van der Waals surface area contributed by atoms with Gasteiger partial charge in [0.05, 0.1) is 13.2 Å². The fraction of sp³-hybridized carbons (Fsp3) is 0.769. The van der Waals surface area contributed by atoms with Crippen LogP contribution in [0.4, 0.5) is 0 Å². The molecule has 0 amide bonds. The molecule has 94 valence electrons. The molecule has 2 fully saturated rings. The monoisotopic (exact) mass is 235 g/mol. The Morgan fingerprint density at radius 3 is 2.94 bits per heavy atom. The van der Waals surface area contributed by atoms with Crippen LogP contribution in [0, 0.1) is 5.92 Å². The van der Waals surface area contributed by atoms with Crippen LogP contribution in [-0.2, 0) is 18.3 Å². The zero-order chi connectivity index (χ0) is 11.7. The molecule has 0 radical (unpaired) electrons. The molecule has 0 N–H and O–H groups in total. The van der Waals surface area contributed by atoms with E-state index in [1.807, 2.05) is 12.4 Å². The molecule has 1 saturated heterocycles. The molecule has 3 rings (SSSR count). The molecule has 17 heavy (non-hydrogen) atoms. The van der Waals surface area contributed by atoms with E-state index < -0.39 is 0 Å². The van der Waals surface area contributed by atoms with Crippen molar-refractivity contribution in [2.45, 2.75) is 31.8 Å². The van der Waals surface area contributed by atoms with Gasteiger partial charge in [-0.15, -0.1) is 0 Å². The van der Waals surface area contributed by atoms with Gasteiger partial charge in [-0.1, -0.05) is 0 Å². The Bertz CT molecular complexity index is 366. The molecule has 0 spiro atoms. The lowest BCUT2D eigenvalue weighted by Crippen LogP contribution is -2.32. The van der Waals surface area contributed by atoms with Crippen molar-refractivity contribution in [2.24, 2.45) is 13.0 Å². The van der Waals surface area contributed by atoms with Crippen molar-refractivity contribution in [3.63, 3.8) is 0 Å². The van der Waals surface area contributed by atoms with Crippen molar-refractivity contribution in [1.29, 1.82) is 0 Å². The van der Waals surface area contributed by atoms with Gasteiger partial charge in [-0.05, 0) is 25.2 Å². The van der Waals surface area contributed by atoms with Gasteiger partial charge in [-0.2, -0.15) is 0 Å². The summed E-state index contributed by atoms with van der Waals surface area (Å²) >= 11 is 0. The average Bonchev–Trinajstić information content (AvgIpc) is 2.91. The van der Waals surface area contributed by atoms with E-state index in [-0.39, 0.29) is 0 Å². The van der Waals surface area contributed by atoms with E-state index in [1.165, 1.54) is 31.6 Å². The molecule has 2 heterocycles. The van der Waals surface area contributed by atoms with Crippen LogP contribution in [0.3, 0.4) is 0 Å². The first-order valence-electron chi connectivity index (χ1n) is 6.61. The van der Waals surface area contributed by atoms with Crippen LogP contribution < -0.4 is 0 Å². The van der Waals surface area contributed by atoms with Gasteiger partial charge in [0, 0.05) is 38.6 Å². The van der Waals surface area contributed by atoms with Gasteiger partial charge < -0.3 is 9.30 Å². The van der Waals surface area contributed by atoms with Crippen LogP contribution in [0.1, 0.15) is 25.1 Å². The third-order valence-electron chi connectivity index (χ3n) is 3.85. The van der Waals surface area contributed by atoms with Gasteiger partial charge >= 0.3 is 0 Å². The van der Waals surface area contributed by atoms with Gasteiger partial charge in [0.1, 0.15) is 5.82 Å². The van der Waals surface area contributed by atoms with E-state index in [9.17, 15) is 0 Å². The first-order chi connectivity index (χ1) is 8.33. The standard InChI is InChI=1S/C13H21N3O/c1-15-6-5-14-13(15)9-16(12-2-3-12)8-11-4-7-17-10-11/h5-6,11-12H,2-4,7-10H2,1H3/t11-/m1/s1. The Balaban J connectivity index is 1.61. The van der Waals surface area contributed by atoms with Gasteiger partial charge in [-0.3, -0.25) is 4.90 Å². The molecule has 4 nitrogen and oxygen atoms in total. The molecule has 1 atom stereocenters. The van der Waals surface area contributed by atoms with E-state index in [0.29, 0.717) is 0 Å². The van der Waals surface area contributed by atoms with Crippen molar-refractivity contribution in [2.75, 3.05) is 19.8 Å². The highest BCUT2D eigenvalue weighted by Gasteiger charge is 2.32. The maximum Gasteiger partial charge on any atom is 0.122 e. The lowest BCUT2D eigenvalue weighted by molar-refractivity contribution is 0.159. The fourth-order valence-corrected chi connectivity index (χ4v) is 2.57. The molecule has 0 unspecified atom stereocenters. The lowest BCUT2D eigenvalue weighted by Gasteiger charge is -2.24. The smallest absolute Gasteiger partial charge is 0.122 e. The minimum absolute atomic E-state index is 0.732. The Kier molecular flexibility index (Phi) is 3.16. The number of nitrogens with zero attached hydrogens (tertiary/aromatic N) is 3. The second-order valence-corrected chi connectivity index (χ2v) is 5.34. The number of aryl methyl sites for hydroxylation is 1. The SMILES string of the molecule is Cn1ccnc1CN(C[C@H]1CCOC1)C1CC1. The van der Waals surface area contributed by atoms with E-state index in [1.54, 1.807) is 0 Å². The molecule has 4 heteroatoms. The molecule has 1 aromatic heterocycles. The summed E-state index contributed by atoms with van der Waals surface area (Å²) in [4.78, 5) is 7.03. The van der Waals surface area contributed by atoms with Crippen LogP contribution in [0.15, 0.2) is 12.4 Å². The fourth-order valence-electron chi connectivity index (χ4n) is 2.57. The van der Waals surface area contributed by atoms with Crippen LogP contribution >= 0.6 is 0 Å². The highest BCUT2D eigenvalue weighted by molar-refractivity contribution is 4.95. The third-order valence-corrected chi connectivity index (χ3v) is 3.85. The van der Waals surface area contributed by atoms with Crippen molar-refractivity contribution >= 4 is 0 Å². The molecule has 1 aliphatic carbocycles. The number of ether oxygens (including phenoxy) is 1. The highest BCUT2D eigenvalue weighted by atomic mass is 16.5. The molecule has 1 saturated carbocycles. The van der Waals surface area contributed by atoms with Crippen molar-refractivity contribution < 1.29 is 4.74 Å². The maximum absolute atomic E-state index is 5.47. The second-order valence-electron chi connectivity index (χ2n) is 5.34. The predicted molar refractivity (Wildman–Crippen MR) is 65.6 cm³/mol. The Hall–Kier alpha value is -0.870. The summed E-state index contributed by atoms with van der Waals surface area (Å²) in [6, 6.07) is 0.798. The normalized spacial score (nSPS) is 24.7. The minimum Gasteiger partial charge on any atom is -0.381 e. The first kappa shape index (κ1) is 11.2. The molecular weight excluding hydrogens is 214 g/mol. The summed E-state index contributed by atoms with van der Waals surface area (Å²) in [5, 5.41) is 0. The Morgan fingerprint density at radius 2 is 2.35 bits per heavy atom. The topological polar surface area (TPSA) is 30.3 Å². The summed E-state index contributed by atoms with van der Waals surface area (Å²) < 4.78 is 7.60. The van der Waals surface area contributed by atoms with Crippen LogP contribution in [0.2, 0.25) is 0 Å². The lowest BCUT2D eigenvalue weighted by atomic mass is 10.1. The van der Waals surface area contributed by atoms with Crippen molar-refractivity contribution in [1.82, 2.24) is 14.5 Å². The molecule has 0 aromatic carbocycles. The summed E-state index contributed by atoms with van der Waals surface area (Å²) in [5.74, 6) is 1.91. The second kappa shape index (κ2) is 4.78. The largest absolute Gasteiger partial charge is 0.381 e. The van der Waals surface area contributed by atoms with E-state index in [0.717, 1.165) is 31.7 Å². The van der Waals surface area contributed by atoms with Crippen LogP contribution in [0.5, 0.6) is 0 Å². The number of hydrogen-bond donors (Lipinski definition) is 0. The number of hydrogen-bond acceptors (Lipinski definition) is 3. The van der Waals surface area contributed by atoms with Crippen molar-refractivity contribution in [3.05, 3.63) is 18.2 Å². The van der Waals surface area contributed by atoms with E-state index in [2.05, 4.69) is 21.5 Å². The Morgan fingerprint density at radius 1 is 1.47 bits per heavy atom. The molecule has 2 aliphatic rings. The number of aromatic nitrogens is 2. The third kappa shape index (κ3) is 2.69. The Labute approximate surface area is 103 Å². The van der Waals surface area contributed by atoms with E-state index in [4.69, 9.17) is 4.74 Å².